The third-order valence-corrected chi connectivity index (χ3v) is 3.38. The van der Waals surface area contributed by atoms with Crippen LogP contribution < -0.4 is 4.74 Å². The summed E-state index contributed by atoms with van der Waals surface area (Å²) in [5, 5.41) is 10.7. The van der Waals surface area contributed by atoms with Gasteiger partial charge in [-0.3, -0.25) is 10.1 Å². The third-order valence-electron chi connectivity index (χ3n) is 3.38. The first-order valence-corrected chi connectivity index (χ1v) is 5.67. The summed E-state index contributed by atoms with van der Waals surface area (Å²) in [7, 11) is 1.61. The molecule has 0 aliphatic carbocycles. The van der Waals surface area contributed by atoms with Gasteiger partial charge in [0.1, 0.15) is 18.0 Å². The number of methoxy groups -OCH3 is 1. The number of epoxide rings is 1. The second kappa shape index (κ2) is 3.66. The van der Waals surface area contributed by atoms with Crippen molar-refractivity contribution in [1.82, 2.24) is 0 Å². The summed E-state index contributed by atoms with van der Waals surface area (Å²) >= 11 is 0. The minimum Gasteiger partial charge on any atom is -0.482 e. The second-order valence-electron chi connectivity index (χ2n) is 4.80. The molecule has 3 atom stereocenters. The fraction of sp³-hybridized carbons (Fsp3) is 0.500. The van der Waals surface area contributed by atoms with E-state index in [1.54, 1.807) is 13.2 Å². The largest absolute Gasteiger partial charge is 0.482 e. The molecule has 0 bridgehead atoms. The first-order valence-electron chi connectivity index (χ1n) is 5.67. The highest BCUT2D eigenvalue weighted by Crippen LogP contribution is 2.54. The molecule has 0 saturated carbocycles. The Morgan fingerprint density at radius 1 is 1.56 bits per heavy atom. The van der Waals surface area contributed by atoms with Crippen LogP contribution in [-0.2, 0) is 9.47 Å². The van der Waals surface area contributed by atoms with E-state index in [0.29, 0.717) is 12.4 Å². The molecular formula is C12H13NO5. The van der Waals surface area contributed by atoms with Crippen LogP contribution in [0.5, 0.6) is 5.75 Å². The lowest BCUT2D eigenvalue weighted by molar-refractivity contribution is -0.385. The molecule has 6 nitrogen and oxygen atoms in total. The molecule has 0 radical (unpaired) electrons. The van der Waals surface area contributed by atoms with Gasteiger partial charge in [0.2, 0.25) is 0 Å². The first kappa shape index (κ1) is 11.4. The number of ether oxygens (including phenoxy) is 3. The van der Waals surface area contributed by atoms with E-state index in [9.17, 15) is 10.1 Å². The molecule has 3 rings (SSSR count). The minimum atomic E-state index is -0.525. The molecule has 2 aliphatic heterocycles. The van der Waals surface area contributed by atoms with E-state index in [4.69, 9.17) is 14.2 Å². The molecule has 2 aliphatic rings. The minimum absolute atomic E-state index is 0.0574. The van der Waals surface area contributed by atoms with Gasteiger partial charge in [0.05, 0.1) is 11.5 Å². The van der Waals surface area contributed by atoms with Crippen molar-refractivity contribution in [2.45, 2.75) is 24.7 Å². The number of rotatable bonds is 3. The summed E-state index contributed by atoms with van der Waals surface area (Å²) in [6, 6.07) is 4.58. The Bertz CT molecular complexity index is 517. The Kier molecular flexibility index (Phi) is 2.33. The average Bonchev–Trinajstić information content (AvgIpc) is 3.10. The average molecular weight is 251 g/mol. The van der Waals surface area contributed by atoms with E-state index in [1.807, 2.05) is 6.92 Å². The van der Waals surface area contributed by atoms with E-state index in [1.165, 1.54) is 12.1 Å². The molecule has 1 saturated heterocycles. The molecule has 0 aromatic heterocycles. The van der Waals surface area contributed by atoms with Crippen molar-refractivity contribution in [3.8, 4) is 5.75 Å². The van der Waals surface area contributed by atoms with Crippen LogP contribution in [0.3, 0.4) is 0 Å². The molecule has 2 heterocycles. The summed E-state index contributed by atoms with van der Waals surface area (Å²) < 4.78 is 16.6. The van der Waals surface area contributed by atoms with Crippen molar-refractivity contribution < 1.29 is 19.1 Å². The highest BCUT2D eigenvalue weighted by atomic mass is 16.6. The second-order valence-corrected chi connectivity index (χ2v) is 4.80. The predicted octanol–water partition coefficient (Wildman–Crippen LogP) is 1.83. The van der Waals surface area contributed by atoms with Crippen LogP contribution in [0.15, 0.2) is 18.2 Å². The molecule has 18 heavy (non-hydrogen) atoms. The number of benzene rings is 1. The number of nitro groups is 1. The summed E-state index contributed by atoms with van der Waals surface area (Å²) in [6.45, 7) is 2.34. The molecule has 0 N–H and O–H groups in total. The highest BCUT2D eigenvalue weighted by molar-refractivity contribution is 5.49. The van der Waals surface area contributed by atoms with Crippen molar-refractivity contribution in [2.24, 2.45) is 0 Å². The summed E-state index contributed by atoms with van der Waals surface area (Å²) in [6.07, 6.45) is -0.208. The Morgan fingerprint density at radius 2 is 2.33 bits per heavy atom. The molecule has 0 amide bonds. The fourth-order valence-corrected chi connectivity index (χ4v) is 2.49. The number of non-ortho nitro benzene ring substituents is 1. The fourth-order valence-electron chi connectivity index (χ4n) is 2.49. The third kappa shape index (κ3) is 1.57. The van der Waals surface area contributed by atoms with E-state index >= 15 is 0 Å². The lowest BCUT2D eigenvalue weighted by atomic mass is 9.93. The van der Waals surface area contributed by atoms with E-state index in [-0.39, 0.29) is 17.9 Å². The quantitative estimate of drug-likeness (QED) is 0.465. The van der Waals surface area contributed by atoms with Gasteiger partial charge >= 0.3 is 0 Å². The van der Waals surface area contributed by atoms with Crippen LogP contribution in [-0.4, -0.2) is 30.3 Å². The van der Waals surface area contributed by atoms with Crippen LogP contribution >= 0.6 is 0 Å². The molecule has 1 aromatic carbocycles. The van der Waals surface area contributed by atoms with Crippen LogP contribution in [0.1, 0.15) is 18.6 Å². The Balaban J connectivity index is 1.97. The van der Waals surface area contributed by atoms with E-state index in [0.717, 1.165) is 5.56 Å². The first-order chi connectivity index (χ1) is 8.55. The standard InChI is InChI=1S/C12H13NO5/c1-12(6-16-2)11-10(17-11)8-5-7(13(14)15)3-4-9(8)18-12/h3-5,10-11H,6H2,1-2H3/t10?,11?,12-/m1/s1. The zero-order valence-corrected chi connectivity index (χ0v) is 10.1. The maximum absolute atomic E-state index is 10.7. The number of nitrogens with zero attached hydrogens (tertiary/aromatic N) is 1. The van der Waals surface area contributed by atoms with Crippen LogP contribution in [0.4, 0.5) is 5.69 Å². The van der Waals surface area contributed by atoms with Crippen LogP contribution in [0, 0.1) is 10.1 Å². The highest BCUT2D eigenvalue weighted by Gasteiger charge is 2.59. The topological polar surface area (TPSA) is 74.1 Å². The SMILES string of the molecule is COC[C@@]1(C)Oc2ccc([N+](=O)[O-])cc2C2OC21. The Hall–Kier alpha value is -1.66. The number of hydrogen-bond acceptors (Lipinski definition) is 5. The lowest BCUT2D eigenvalue weighted by Crippen LogP contribution is -2.45. The van der Waals surface area contributed by atoms with E-state index < -0.39 is 10.5 Å². The maximum Gasteiger partial charge on any atom is 0.270 e. The molecule has 96 valence electrons. The van der Waals surface area contributed by atoms with Crippen molar-refractivity contribution in [2.75, 3.05) is 13.7 Å². The Labute approximate surface area is 104 Å². The van der Waals surface area contributed by atoms with Crippen molar-refractivity contribution in [3.63, 3.8) is 0 Å². The maximum atomic E-state index is 10.7. The number of nitro benzene ring substituents is 1. The molecule has 2 unspecified atom stereocenters. The zero-order chi connectivity index (χ0) is 12.9. The normalized spacial score (nSPS) is 32.1. The molecule has 1 aromatic rings. The van der Waals surface area contributed by atoms with E-state index in [2.05, 4.69) is 0 Å². The van der Waals surface area contributed by atoms with Gasteiger partial charge in [-0.2, -0.15) is 0 Å². The summed E-state index contributed by atoms with van der Waals surface area (Å²) in [5.41, 5.74) is 0.285. The Morgan fingerprint density at radius 3 is 3.00 bits per heavy atom. The van der Waals surface area contributed by atoms with Gasteiger partial charge in [-0.1, -0.05) is 0 Å². The lowest BCUT2D eigenvalue weighted by Gasteiger charge is -2.32. The van der Waals surface area contributed by atoms with Crippen LogP contribution in [0.2, 0.25) is 0 Å². The summed E-state index contributed by atoms with van der Waals surface area (Å²) in [5.74, 6) is 0.638. The van der Waals surface area contributed by atoms with Gasteiger partial charge in [0.15, 0.2) is 5.60 Å². The van der Waals surface area contributed by atoms with Gasteiger partial charge < -0.3 is 14.2 Å². The van der Waals surface area contributed by atoms with Crippen molar-refractivity contribution in [1.29, 1.82) is 0 Å². The molecule has 6 heteroatoms. The van der Waals surface area contributed by atoms with Crippen molar-refractivity contribution >= 4 is 5.69 Å². The number of hydrogen-bond donors (Lipinski definition) is 0. The summed E-state index contributed by atoms with van der Waals surface area (Å²) in [4.78, 5) is 10.3. The number of fused-ring (bicyclic) bond motifs is 3. The van der Waals surface area contributed by atoms with Gasteiger partial charge in [-0.25, -0.2) is 0 Å². The van der Waals surface area contributed by atoms with Gasteiger partial charge in [-0.05, 0) is 13.0 Å². The van der Waals surface area contributed by atoms with Crippen LogP contribution in [0.25, 0.3) is 0 Å². The van der Waals surface area contributed by atoms with Gasteiger partial charge in [0.25, 0.3) is 5.69 Å². The molecule has 0 spiro atoms. The van der Waals surface area contributed by atoms with Gasteiger partial charge in [0, 0.05) is 24.8 Å². The zero-order valence-electron chi connectivity index (χ0n) is 10.1. The monoisotopic (exact) mass is 251 g/mol. The molecular weight excluding hydrogens is 238 g/mol. The smallest absolute Gasteiger partial charge is 0.270 e. The van der Waals surface area contributed by atoms with Gasteiger partial charge in [-0.15, -0.1) is 0 Å². The van der Waals surface area contributed by atoms with Crippen molar-refractivity contribution in [3.05, 3.63) is 33.9 Å². The molecule has 1 fully saturated rings. The predicted molar refractivity (Wildman–Crippen MR) is 61.6 cm³/mol.